The van der Waals surface area contributed by atoms with E-state index in [0.29, 0.717) is 6.42 Å². The van der Waals surface area contributed by atoms with E-state index in [1.54, 1.807) is 11.8 Å². The third-order valence-corrected chi connectivity index (χ3v) is 4.18. The van der Waals surface area contributed by atoms with E-state index in [9.17, 15) is 4.79 Å². The standard InChI is InChI=1S/C16H27N3OS/c1-4-19(5-2)12-13-8-6-7-9-15(13)18-16(20)14(17)10-11-21-3/h6-9,14H,4-5,10-12,17H2,1-3H3,(H,18,20)/t14-/m1/s1. The van der Waals surface area contributed by atoms with E-state index in [1.165, 1.54) is 0 Å². The van der Waals surface area contributed by atoms with Crippen LogP contribution in [0.2, 0.25) is 0 Å². The smallest absolute Gasteiger partial charge is 0.241 e. The molecule has 21 heavy (non-hydrogen) atoms. The van der Waals surface area contributed by atoms with Gasteiger partial charge in [-0.3, -0.25) is 9.69 Å². The van der Waals surface area contributed by atoms with Crippen LogP contribution in [0.3, 0.4) is 0 Å². The molecule has 0 bridgehead atoms. The molecule has 0 aromatic heterocycles. The molecule has 0 radical (unpaired) electrons. The lowest BCUT2D eigenvalue weighted by Crippen LogP contribution is -2.36. The summed E-state index contributed by atoms with van der Waals surface area (Å²) in [6.07, 6.45) is 2.72. The minimum absolute atomic E-state index is 0.101. The molecule has 1 aromatic rings. The molecule has 1 atom stereocenters. The number of nitrogens with two attached hydrogens (primary N) is 1. The van der Waals surface area contributed by atoms with Crippen molar-refractivity contribution in [1.82, 2.24) is 4.90 Å². The number of benzene rings is 1. The van der Waals surface area contributed by atoms with Gasteiger partial charge in [0.2, 0.25) is 5.91 Å². The molecule has 1 rings (SSSR count). The highest BCUT2D eigenvalue weighted by molar-refractivity contribution is 7.98. The van der Waals surface area contributed by atoms with E-state index in [0.717, 1.165) is 36.6 Å². The van der Waals surface area contributed by atoms with E-state index in [-0.39, 0.29) is 5.91 Å². The van der Waals surface area contributed by atoms with Gasteiger partial charge in [-0.2, -0.15) is 11.8 Å². The van der Waals surface area contributed by atoms with Crippen LogP contribution in [-0.4, -0.2) is 41.9 Å². The zero-order valence-electron chi connectivity index (χ0n) is 13.3. The van der Waals surface area contributed by atoms with Crippen molar-refractivity contribution in [3.63, 3.8) is 0 Å². The van der Waals surface area contributed by atoms with Crippen LogP contribution in [0.25, 0.3) is 0 Å². The first-order valence-corrected chi connectivity index (χ1v) is 8.87. The van der Waals surface area contributed by atoms with Crippen molar-refractivity contribution in [3.8, 4) is 0 Å². The van der Waals surface area contributed by atoms with Gasteiger partial charge in [-0.1, -0.05) is 32.0 Å². The number of thioether (sulfide) groups is 1. The van der Waals surface area contributed by atoms with E-state index in [4.69, 9.17) is 5.73 Å². The summed E-state index contributed by atoms with van der Waals surface area (Å²) >= 11 is 1.70. The van der Waals surface area contributed by atoms with Crippen molar-refractivity contribution >= 4 is 23.4 Å². The Kier molecular flexibility index (Phi) is 8.42. The molecule has 0 aliphatic heterocycles. The molecule has 0 saturated heterocycles. The molecule has 118 valence electrons. The average molecular weight is 309 g/mol. The van der Waals surface area contributed by atoms with Gasteiger partial charge < -0.3 is 11.1 Å². The number of hydrogen-bond acceptors (Lipinski definition) is 4. The van der Waals surface area contributed by atoms with Crippen molar-refractivity contribution in [2.45, 2.75) is 32.9 Å². The first-order valence-electron chi connectivity index (χ1n) is 7.48. The van der Waals surface area contributed by atoms with Gasteiger partial charge in [0.05, 0.1) is 6.04 Å². The minimum atomic E-state index is -0.445. The normalized spacial score (nSPS) is 12.4. The molecular weight excluding hydrogens is 282 g/mol. The van der Waals surface area contributed by atoms with Gasteiger partial charge in [0.25, 0.3) is 0 Å². The lowest BCUT2D eigenvalue weighted by molar-refractivity contribution is -0.117. The molecule has 3 N–H and O–H groups in total. The Labute approximate surface area is 132 Å². The molecular formula is C16H27N3OS. The molecule has 1 aromatic carbocycles. The van der Waals surface area contributed by atoms with Crippen LogP contribution in [0.4, 0.5) is 5.69 Å². The fourth-order valence-corrected chi connectivity index (χ4v) is 2.56. The molecule has 4 nitrogen and oxygen atoms in total. The van der Waals surface area contributed by atoms with Crippen molar-refractivity contribution in [2.75, 3.05) is 30.4 Å². The van der Waals surface area contributed by atoms with Gasteiger partial charge in [0.15, 0.2) is 0 Å². The van der Waals surface area contributed by atoms with Crippen LogP contribution in [0.15, 0.2) is 24.3 Å². The quantitative estimate of drug-likeness (QED) is 0.736. The summed E-state index contributed by atoms with van der Waals surface area (Å²) in [5.41, 5.74) is 7.92. The molecule has 0 aliphatic carbocycles. The lowest BCUT2D eigenvalue weighted by atomic mass is 10.1. The number of nitrogens with zero attached hydrogens (tertiary/aromatic N) is 1. The van der Waals surface area contributed by atoms with Crippen molar-refractivity contribution in [2.24, 2.45) is 5.73 Å². The summed E-state index contributed by atoms with van der Waals surface area (Å²) < 4.78 is 0. The lowest BCUT2D eigenvalue weighted by Gasteiger charge is -2.21. The van der Waals surface area contributed by atoms with Crippen LogP contribution in [0.5, 0.6) is 0 Å². The Balaban J connectivity index is 2.72. The van der Waals surface area contributed by atoms with Crippen LogP contribution < -0.4 is 11.1 Å². The molecule has 5 heteroatoms. The number of carbonyl (C=O) groups excluding carboxylic acids is 1. The first kappa shape index (κ1) is 18.0. The van der Waals surface area contributed by atoms with E-state index >= 15 is 0 Å². The van der Waals surface area contributed by atoms with Crippen molar-refractivity contribution < 1.29 is 4.79 Å². The Hall–Kier alpha value is -1.04. The van der Waals surface area contributed by atoms with Gasteiger partial charge in [0, 0.05) is 12.2 Å². The highest BCUT2D eigenvalue weighted by Crippen LogP contribution is 2.17. The largest absolute Gasteiger partial charge is 0.324 e. The molecule has 0 spiro atoms. The summed E-state index contributed by atoms with van der Waals surface area (Å²) in [6.45, 7) is 7.10. The molecule has 0 heterocycles. The van der Waals surface area contributed by atoms with Gasteiger partial charge in [-0.15, -0.1) is 0 Å². The fourth-order valence-electron chi connectivity index (χ4n) is 2.07. The van der Waals surface area contributed by atoms with Gasteiger partial charge in [0.1, 0.15) is 0 Å². The number of carbonyl (C=O) groups is 1. The van der Waals surface area contributed by atoms with Crippen LogP contribution in [0, 0.1) is 0 Å². The second kappa shape index (κ2) is 9.82. The predicted octanol–water partition coefficient (Wildman–Crippen LogP) is 2.55. The second-order valence-electron chi connectivity index (χ2n) is 5.00. The number of para-hydroxylation sites is 1. The van der Waals surface area contributed by atoms with Crippen LogP contribution >= 0.6 is 11.8 Å². The number of anilines is 1. The molecule has 0 aliphatic rings. The predicted molar refractivity (Wildman–Crippen MR) is 92.7 cm³/mol. The highest BCUT2D eigenvalue weighted by Gasteiger charge is 2.15. The number of amides is 1. The Morgan fingerprint density at radius 3 is 2.62 bits per heavy atom. The third kappa shape index (κ3) is 6.08. The zero-order chi connectivity index (χ0) is 15.7. The Morgan fingerprint density at radius 1 is 1.33 bits per heavy atom. The van der Waals surface area contributed by atoms with Crippen LogP contribution in [-0.2, 0) is 11.3 Å². The van der Waals surface area contributed by atoms with Gasteiger partial charge >= 0.3 is 0 Å². The first-order chi connectivity index (χ1) is 10.1. The monoisotopic (exact) mass is 309 g/mol. The summed E-state index contributed by atoms with van der Waals surface area (Å²) in [7, 11) is 0. The summed E-state index contributed by atoms with van der Waals surface area (Å²) in [5.74, 6) is 0.798. The summed E-state index contributed by atoms with van der Waals surface area (Å²) in [5, 5.41) is 2.97. The Morgan fingerprint density at radius 2 is 2.00 bits per heavy atom. The van der Waals surface area contributed by atoms with Crippen molar-refractivity contribution in [1.29, 1.82) is 0 Å². The van der Waals surface area contributed by atoms with Crippen LogP contribution in [0.1, 0.15) is 25.8 Å². The van der Waals surface area contributed by atoms with Gasteiger partial charge in [-0.25, -0.2) is 0 Å². The number of nitrogens with one attached hydrogen (secondary N) is 1. The molecule has 0 unspecified atom stereocenters. The fraction of sp³-hybridized carbons (Fsp3) is 0.562. The molecule has 0 fully saturated rings. The maximum absolute atomic E-state index is 12.1. The van der Waals surface area contributed by atoms with Gasteiger partial charge in [-0.05, 0) is 43.1 Å². The topological polar surface area (TPSA) is 58.4 Å². The number of rotatable bonds is 9. The SMILES string of the molecule is CCN(CC)Cc1ccccc1NC(=O)[C@H](N)CCSC. The highest BCUT2D eigenvalue weighted by atomic mass is 32.2. The summed E-state index contributed by atoms with van der Waals surface area (Å²) in [4.78, 5) is 14.5. The second-order valence-corrected chi connectivity index (χ2v) is 5.98. The van der Waals surface area contributed by atoms with E-state index in [2.05, 4.69) is 30.1 Å². The average Bonchev–Trinajstić information content (AvgIpc) is 2.51. The maximum atomic E-state index is 12.1. The maximum Gasteiger partial charge on any atom is 0.241 e. The number of hydrogen-bond donors (Lipinski definition) is 2. The van der Waals surface area contributed by atoms with E-state index in [1.807, 2.05) is 24.5 Å². The molecule has 0 saturated carbocycles. The van der Waals surface area contributed by atoms with E-state index < -0.39 is 6.04 Å². The minimum Gasteiger partial charge on any atom is -0.324 e. The molecule has 1 amide bonds. The zero-order valence-corrected chi connectivity index (χ0v) is 14.1. The summed E-state index contributed by atoms with van der Waals surface area (Å²) in [6, 6.07) is 7.50. The third-order valence-electron chi connectivity index (χ3n) is 3.53. The van der Waals surface area contributed by atoms with Crippen molar-refractivity contribution in [3.05, 3.63) is 29.8 Å². The Bertz CT molecular complexity index is 435.